The summed E-state index contributed by atoms with van der Waals surface area (Å²) in [6.45, 7) is 0.705. The molecule has 5 heteroatoms. The number of hydrogen-bond donors (Lipinski definition) is 1. The largest absolute Gasteiger partial charge is 0.407 e. The topological polar surface area (TPSA) is 54.2 Å². The zero-order valence-corrected chi connectivity index (χ0v) is 11.1. The minimum absolute atomic E-state index is 0.573. The highest BCUT2D eigenvalue weighted by atomic mass is 16.4. The summed E-state index contributed by atoms with van der Waals surface area (Å²) in [5.41, 5.74) is 0. The van der Waals surface area contributed by atoms with Gasteiger partial charge in [0.05, 0.1) is 6.54 Å². The molecule has 2 aliphatic carbocycles. The van der Waals surface area contributed by atoms with Crippen molar-refractivity contribution in [2.75, 3.05) is 11.9 Å². The second-order valence-corrected chi connectivity index (χ2v) is 5.54. The lowest BCUT2D eigenvalue weighted by molar-refractivity contribution is 0.396. The van der Waals surface area contributed by atoms with E-state index in [0.29, 0.717) is 30.5 Å². The fourth-order valence-electron chi connectivity index (χ4n) is 2.60. The van der Waals surface area contributed by atoms with Crippen molar-refractivity contribution >= 4 is 6.01 Å². The molecule has 0 radical (unpaired) electrons. The minimum atomic E-state index is 0.573. The molecule has 0 spiro atoms. The first-order valence-electron chi connectivity index (χ1n) is 7.11. The lowest BCUT2D eigenvalue weighted by atomic mass is 9.95. The molecule has 0 bridgehead atoms. The molecule has 0 unspecified atom stereocenters. The Kier molecular flexibility index (Phi) is 3.50. The monoisotopic (exact) mass is 250 g/mol. The van der Waals surface area contributed by atoms with Crippen molar-refractivity contribution in [1.82, 2.24) is 15.5 Å². The van der Waals surface area contributed by atoms with E-state index in [2.05, 4.69) is 27.5 Å². The zero-order valence-electron chi connectivity index (χ0n) is 11.1. The van der Waals surface area contributed by atoms with Gasteiger partial charge in [0.15, 0.2) is 0 Å². The molecule has 0 saturated heterocycles. The molecule has 5 nitrogen and oxygen atoms in total. The Morgan fingerprint density at radius 3 is 2.67 bits per heavy atom. The molecule has 2 saturated carbocycles. The average molecular weight is 250 g/mol. The summed E-state index contributed by atoms with van der Waals surface area (Å²) in [7, 11) is 2.07. The standard InChI is InChI=1S/C13H22N4O/c1-17(11-5-3-2-4-6-11)13-16-15-12(18-13)9-14-10-7-8-10/h10-11,14H,2-9H2,1H3. The van der Waals surface area contributed by atoms with Gasteiger partial charge in [-0.1, -0.05) is 24.4 Å². The fourth-order valence-corrected chi connectivity index (χ4v) is 2.60. The van der Waals surface area contributed by atoms with E-state index in [-0.39, 0.29) is 0 Å². The van der Waals surface area contributed by atoms with Crippen LogP contribution in [0.1, 0.15) is 50.8 Å². The van der Waals surface area contributed by atoms with Crippen LogP contribution in [0, 0.1) is 0 Å². The van der Waals surface area contributed by atoms with Gasteiger partial charge in [0.25, 0.3) is 0 Å². The third-order valence-electron chi connectivity index (χ3n) is 4.00. The molecular weight excluding hydrogens is 228 g/mol. The smallest absolute Gasteiger partial charge is 0.318 e. The first-order valence-corrected chi connectivity index (χ1v) is 7.11. The van der Waals surface area contributed by atoms with Gasteiger partial charge in [0.2, 0.25) is 5.89 Å². The first-order chi connectivity index (χ1) is 8.83. The predicted octanol–water partition coefficient (Wildman–Crippen LogP) is 2.09. The van der Waals surface area contributed by atoms with E-state index in [1.54, 1.807) is 0 Å². The van der Waals surface area contributed by atoms with Crippen LogP contribution in [0.5, 0.6) is 0 Å². The number of hydrogen-bond acceptors (Lipinski definition) is 5. The van der Waals surface area contributed by atoms with Crippen molar-refractivity contribution < 1.29 is 4.42 Å². The van der Waals surface area contributed by atoms with Gasteiger partial charge < -0.3 is 14.6 Å². The van der Waals surface area contributed by atoms with Crippen molar-refractivity contribution in [3.8, 4) is 0 Å². The van der Waals surface area contributed by atoms with Gasteiger partial charge in [-0.25, -0.2) is 0 Å². The Hall–Kier alpha value is -1.10. The highest BCUT2D eigenvalue weighted by Crippen LogP contribution is 2.25. The van der Waals surface area contributed by atoms with Crippen molar-refractivity contribution in [1.29, 1.82) is 0 Å². The molecular formula is C13H22N4O. The second kappa shape index (κ2) is 5.26. The Morgan fingerprint density at radius 1 is 1.17 bits per heavy atom. The Morgan fingerprint density at radius 2 is 1.94 bits per heavy atom. The summed E-state index contributed by atoms with van der Waals surface area (Å²) < 4.78 is 5.72. The summed E-state index contributed by atoms with van der Waals surface area (Å²) >= 11 is 0. The third-order valence-corrected chi connectivity index (χ3v) is 4.00. The molecule has 1 aromatic rings. The van der Waals surface area contributed by atoms with E-state index in [9.17, 15) is 0 Å². The van der Waals surface area contributed by atoms with Gasteiger partial charge in [-0.05, 0) is 25.7 Å². The van der Waals surface area contributed by atoms with Gasteiger partial charge in [0, 0.05) is 19.1 Å². The van der Waals surface area contributed by atoms with Crippen LogP contribution >= 0.6 is 0 Å². The van der Waals surface area contributed by atoms with Gasteiger partial charge in [0.1, 0.15) is 0 Å². The molecule has 2 aliphatic rings. The Bertz CT molecular complexity index is 382. The maximum Gasteiger partial charge on any atom is 0.318 e. The SMILES string of the molecule is CN(c1nnc(CNC2CC2)o1)C1CCCCC1. The van der Waals surface area contributed by atoms with Crippen LogP contribution in [-0.2, 0) is 6.54 Å². The van der Waals surface area contributed by atoms with E-state index < -0.39 is 0 Å². The average Bonchev–Trinajstić information content (AvgIpc) is 3.14. The molecule has 0 atom stereocenters. The molecule has 0 amide bonds. The van der Waals surface area contributed by atoms with Crippen molar-refractivity contribution in [3.63, 3.8) is 0 Å². The van der Waals surface area contributed by atoms with Crippen LogP contribution in [0.4, 0.5) is 6.01 Å². The molecule has 1 N–H and O–H groups in total. The van der Waals surface area contributed by atoms with Gasteiger partial charge >= 0.3 is 6.01 Å². The predicted molar refractivity (Wildman–Crippen MR) is 69.4 cm³/mol. The van der Waals surface area contributed by atoms with Gasteiger partial charge in [-0.2, -0.15) is 0 Å². The maximum atomic E-state index is 5.72. The lowest BCUT2D eigenvalue weighted by Crippen LogP contribution is -2.33. The molecule has 1 aromatic heterocycles. The number of aromatic nitrogens is 2. The summed E-state index contributed by atoms with van der Waals surface area (Å²) in [6.07, 6.45) is 9.05. The van der Waals surface area contributed by atoms with E-state index in [0.717, 1.165) is 0 Å². The van der Waals surface area contributed by atoms with E-state index in [4.69, 9.17) is 4.42 Å². The number of rotatable bonds is 5. The van der Waals surface area contributed by atoms with Gasteiger partial charge in [-0.15, -0.1) is 5.10 Å². The highest BCUT2D eigenvalue weighted by Gasteiger charge is 2.23. The Balaban J connectivity index is 1.56. The normalized spacial score (nSPS) is 21.2. The summed E-state index contributed by atoms with van der Waals surface area (Å²) in [5.74, 6) is 0.708. The zero-order chi connectivity index (χ0) is 12.4. The number of nitrogens with one attached hydrogen (secondary N) is 1. The molecule has 3 rings (SSSR count). The molecule has 100 valence electrons. The summed E-state index contributed by atoms with van der Waals surface area (Å²) in [6, 6.07) is 1.93. The lowest BCUT2D eigenvalue weighted by Gasteiger charge is -2.29. The molecule has 1 heterocycles. The quantitative estimate of drug-likeness (QED) is 0.867. The van der Waals surface area contributed by atoms with E-state index in [1.807, 2.05) is 0 Å². The number of anilines is 1. The van der Waals surface area contributed by atoms with E-state index in [1.165, 1.54) is 44.9 Å². The van der Waals surface area contributed by atoms with Crippen LogP contribution in [0.3, 0.4) is 0 Å². The third kappa shape index (κ3) is 2.83. The van der Waals surface area contributed by atoms with Gasteiger partial charge in [-0.3, -0.25) is 0 Å². The highest BCUT2D eigenvalue weighted by molar-refractivity contribution is 5.24. The minimum Gasteiger partial charge on any atom is -0.407 e. The maximum absolute atomic E-state index is 5.72. The molecule has 0 aromatic carbocycles. The molecule has 2 fully saturated rings. The van der Waals surface area contributed by atoms with Crippen LogP contribution in [-0.4, -0.2) is 29.3 Å². The van der Waals surface area contributed by atoms with Crippen molar-refractivity contribution in [2.45, 2.75) is 63.6 Å². The molecule has 18 heavy (non-hydrogen) atoms. The molecule has 0 aliphatic heterocycles. The summed E-state index contributed by atoms with van der Waals surface area (Å²) in [4.78, 5) is 2.16. The summed E-state index contributed by atoms with van der Waals surface area (Å²) in [5, 5.41) is 11.7. The second-order valence-electron chi connectivity index (χ2n) is 5.54. The van der Waals surface area contributed by atoms with Crippen LogP contribution in [0.15, 0.2) is 4.42 Å². The number of nitrogens with zero attached hydrogens (tertiary/aromatic N) is 3. The van der Waals surface area contributed by atoms with Crippen molar-refractivity contribution in [3.05, 3.63) is 5.89 Å². The van der Waals surface area contributed by atoms with Crippen LogP contribution < -0.4 is 10.2 Å². The van der Waals surface area contributed by atoms with Crippen LogP contribution in [0.25, 0.3) is 0 Å². The fraction of sp³-hybridized carbons (Fsp3) is 0.846. The van der Waals surface area contributed by atoms with Crippen molar-refractivity contribution in [2.24, 2.45) is 0 Å². The Labute approximate surface area is 108 Å². The first kappa shape index (κ1) is 12.0. The van der Waals surface area contributed by atoms with E-state index >= 15 is 0 Å². The van der Waals surface area contributed by atoms with Crippen LogP contribution in [0.2, 0.25) is 0 Å².